The van der Waals surface area contributed by atoms with Crippen LogP contribution in [0, 0.1) is 10.1 Å². The largest absolute Gasteiger partial charge is 0.389 e. The van der Waals surface area contributed by atoms with Crippen LogP contribution < -0.4 is 5.73 Å². The second kappa shape index (κ2) is 5.52. The summed E-state index contributed by atoms with van der Waals surface area (Å²) in [6.07, 6.45) is 2.84. The van der Waals surface area contributed by atoms with E-state index < -0.39 is 26.2 Å². The molecule has 0 saturated heterocycles. The highest BCUT2D eigenvalue weighted by molar-refractivity contribution is 7.91. The molecular formula is C11H17N3O5S2. The number of hydrogen-bond acceptors (Lipinski definition) is 7. The summed E-state index contributed by atoms with van der Waals surface area (Å²) in [4.78, 5) is 10.0. The number of rotatable bonds is 5. The van der Waals surface area contributed by atoms with E-state index in [0.717, 1.165) is 23.2 Å². The second-order valence-electron chi connectivity index (χ2n) is 5.26. The van der Waals surface area contributed by atoms with E-state index in [1.807, 2.05) is 0 Å². The molecule has 2 rings (SSSR count). The summed E-state index contributed by atoms with van der Waals surface area (Å²) in [5, 5.41) is 20.9. The van der Waals surface area contributed by atoms with Gasteiger partial charge < -0.3 is 10.8 Å². The number of nitrogens with zero attached hydrogens (tertiary/aromatic N) is 2. The van der Waals surface area contributed by atoms with Crippen LogP contribution in [0.3, 0.4) is 0 Å². The Hall–Kier alpha value is -1.23. The molecule has 10 heteroatoms. The maximum Gasteiger partial charge on any atom is 0.304 e. The van der Waals surface area contributed by atoms with E-state index in [1.54, 1.807) is 0 Å². The first-order valence-corrected chi connectivity index (χ1v) is 8.64. The van der Waals surface area contributed by atoms with E-state index in [2.05, 4.69) is 0 Å². The molecule has 1 heterocycles. The Bertz CT molecular complexity index is 649. The zero-order valence-electron chi connectivity index (χ0n) is 11.5. The van der Waals surface area contributed by atoms with Crippen molar-refractivity contribution < 1.29 is 18.4 Å². The van der Waals surface area contributed by atoms with Crippen LogP contribution >= 0.6 is 11.3 Å². The van der Waals surface area contributed by atoms with Gasteiger partial charge in [0, 0.05) is 19.7 Å². The van der Waals surface area contributed by atoms with Gasteiger partial charge in [0.2, 0.25) is 0 Å². The number of likely N-dealkylation sites (N-methyl/N-ethyl adjacent to an activating group) is 1. The van der Waals surface area contributed by atoms with Crippen molar-refractivity contribution in [2.75, 3.05) is 19.3 Å². The van der Waals surface area contributed by atoms with Crippen molar-refractivity contribution in [2.45, 2.75) is 35.5 Å². The number of nitro groups is 1. The summed E-state index contributed by atoms with van der Waals surface area (Å²) >= 11 is 0.660. The van der Waals surface area contributed by atoms with E-state index >= 15 is 0 Å². The van der Waals surface area contributed by atoms with Crippen LogP contribution in [0.2, 0.25) is 0 Å². The summed E-state index contributed by atoms with van der Waals surface area (Å²) in [6.45, 7) is -0.0268. The monoisotopic (exact) mass is 335 g/mol. The standard InChI is InChI=1S/C11H17N3O5S2/c1-13(7-11(15)4-2-3-5-11)21(18,19)9-6-8(14(16)17)10(12)20-9/h6,15H,2-5,7,12H2,1H3. The smallest absolute Gasteiger partial charge is 0.304 e. The van der Waals surface area contributed by atoms with E-state index in [9.17, 15) is 23.6 Å². The predicted molar refractivity (Wildman–Crippen MR) is 78.6 cm³/mol. The molecule has 0 unspecified atom stereocenters. The molecule has 8 nitrogen and oxygen atoms in total. The Kier molecular flexibility index (Phi) is 4.24. The van der Waals surface area contributed by atoms with E-state index in [-0.39, 0.29) is 15.8 Å². The first-order chi connectivity index (χ1) is 9.66. The third-order valence-electron chi connectivity index (χ3n) is 3.63. The van der Waals surface area contributed by atoms with Crippen LogP contribution in [-0.2, 0) is 10.0 Å². The maximum absolute atomic E-state index is 12.4. The van der Waals surface area contributed by atoms with E-state index in [4.69, 9.17) is 5.73 Å². The molecular weight excluding hydrogens is 318 g/mol. The molecule has 1 aromatic rings. The molecule has 0 radical (unpaired) electrons. The topological polar surface area (TPSA) is 127 Å². The van der Waals surface area contributed by atoms with Crippen molar-refractivity contribution in [3.05, 3.63) is 16.2 Å². The van der Waals surface area contributed by atoms with Crippen LogP contribution in [-0.4, -0.2) is 41.9 Å². The Morgan fingerprint density at radius 1 is 1.52 bits per heavy atom. The number of nitrogens with two attached hydrogens (primary N) is 1. The van der Waals surface area contributed by atoms with E-state index in [0.29, 0.717) is 24.2 Å². The molecule has 1 saturated carbocycles. The SMILES string of the molecule is CN(CC1(O)CCCC1)S(=O)(=O)c1cc([N+](=O)[O-])c(N)s1. The first kappa shape index (κ1) is 16.1. The lowest BCUT2D eigenvalue weighted by molar-refractivity contribution is -0.383. The maximum atomic E-state index is 12.4. The van der Waals surface area contributed by atoms with Gasteiger partial charge in [0.05, 0.1) is 10.5 Å². The molecule has 1 aliphatic carbocycles. The molecule has 118 valence electrons. The average Bonchev–Trinajstić information content (AvgIpc) is 2.96. The van der Waals surface area contributed by atoms with Crippen molar-refractivity contribution in [2.24, 2.45) is 0 Å². The Morgan fingerprint density at radius 3 is 2.57 bits per heavy atom. The fourth-order valence-electron chi connectivity index (χ4n) is 2.49. The van der Waals surface area contributed by atoms with Crippen LogP contribution in [0.1, 0.15) is 25.7 Å². The summed E-state index contributed by atoms with van der Waals surface area (Å²) in [5.41, 5.74) is 4.05. The Labute approximate surface area is 126 Å². The molecule has 0 bridgehead atoms. The lowest BCUT2D eigenvalue weighted by Crippen LogP contribution is -2.41. The van der Waals surface area contributed by atoms with Gasteiger partial charge in [-0.1, -0.05) is 24.2 Å². The Balaban J connectivity index is 2.24. The molecule has 3 N–H and O–H groups in total. The van der Waals surface area contributed by atoms with Gasteiger partial charge in [-0.3, -0.25) is 10.1 Å². The van der Waals surface area contributed by atoms with Crippen LogP contribution in [0.25, 0.3) is 0 Å². The summed E-state index contributed by atoms with van der Waals surface area (Å²) < 4.78 is 25.6. The molecule has 0 aromatic carbocycles. The van der Waals surface area contributed by atoms with Gasteiger partial charge in [-0.2, -0.15) is 4.31 Å². The van der Waals surface area contributed by atoms with Gasteiger partial charge >= 0.3 is 5.69 Å². The quantitative estimate of drug-likeness (QED) is 0.614. The molecule has 0 amide bonds. The molecule has 0 spiro atoms. The minimum atomic E-state index is -3.89. The Morgan fingerprint density at radius 2 is 2.10 bits per heavy atom. The number of aliphatic hydroxyl groups is 1. The lowest BCUT2D eigenvalue weighted by atomic mass is 10.0. The minimum Gasteiger partial charge on any atom is -0.389 e. The van der Waals surface area contributed by atoms with Crippen molar-refractivity contribution in [1.29, 1.82) is 0 Å². The number of sulfonamides is 1. The van der Waals surface area contributed by atoms with Crippen molar-refractivity contribution in [3.8, 4) is 0 Å². The summed E-state index contributed by atoms with van der Waals surface area (Å²) in [6, 6.07) is 0.963. The fourth-order valence-corrected chi connectivity index (χ4v) is 5.16. The number of hydrogen-bond donors (Lipinski definition) is 2. The normalized spacial score (nSPS) is 18.2. The summed E-state index contributed by atoms with van der Waals surface area (Å²) in [5.74, 6) is 0. The third-order valence-corrected chi connectivity index (χ3v) is 6.84. The van der Waals surface area contributed by atoms with Gasteiger partial charge in [-0.15, -0.1) is 0 Å². The highest BCUT2D eigenvalue weighted by atomic mass is 32.2. The molecule has 21 heavy (non-hydrogen) atoms. The highest BCUT2D eigenvalue weighted by Gasteiger charge is 2.37. The highest BCUT2D eigenvalue weighted by Crippen LogP contribution is 2.37. The van der Waals surface area contributed by atoms with Gasteiger partial charge in [0.25, 0.3) is 10.0 Å². The zero-order chi connectivity index (χ0) is 15.8. The van der Waals surface area contributed by atoms with Crippen LogP contribution in [0.5, 0.6) is 0 Å². The predicted octanol–water partition coefficient (Wildman–Crippen LogP) is 1.16. The molecule has 0 aliphatic heterocycles. The summed E-state index contributed by atoms with van der Waals surface area (Å²) in [7, 11) is -2.54. The number of thiophene rings is 1. The average molecular weight is 335 g/mol. The van der Waals surface area contributed by atoms with E-state index in [1.165, 1.54) is 7.05 Å². The number of nitrogen functional groups attached to an aromatic ring is 1. The fraction of sp³-hybridized carbons (Fsp3) is 0.636. The van der Waals surface area contributed by atoms with Crippen molar-refractivity contribution in [1.82, 2.24) is 4.31 Å². The lowest BCUT2D eigenvalue weighted by Gasteiger charge is -2.27. The van der Waals surface area contributed by atoms with Crippen molar-refractivity contribution in [3.63, 3.8) is 0 Å². The van der Waals surface area contributed by atoms with Gasteiger partial charge in [-0.05, 0) is 12.8 Å². The number of anilines is 1. The molecule has 1 fully saturated rings. The van der Waals surface area contributed by atoms with Crippen molar-refractivity contribution >= 4 is 32.0 Å². The van der Waals surface area contributed by atoms with Crippen LogP contribution in [0.4, 0.5) is 10.7 Å². The molecule has 0 atom stereocenters. The van der Waals surface area contributed by atoms with Gasteiger partial charge in [0.15, 0.2) is 5.00 Å². The molecule has 1 aromatic heterocycles. The third kappa shape index (κ3) is 3.18. The zero-order valence-corrected chi connectivity index (χ0v) is 13.1. The minimum absolute atomic E-state index is 0.0268. The molecule has 1 aliphatic rings. The second-order valence-corrected chi connectivity index (χ2v) is 8.62. The first-order valence-electron chi connectivity index (χ1n) is 6.38. The van der Waals surface area contributed by atoms with Crippen LogP contribution in [0.15, 0.2) is 10.3 Å². The van der Waals surface area contributed by atoms with Gasteiger partial charge in [-0.25, -0.2) is 8.42 Å². The van der Waals surface area contributed by atoms with Gasteiger partial charge in [0.1, 0.15) is 4.21 Å².